The van der Waals surface area contributed by atoms with E-state index in [-0.39, 0.29) is 17.1 Å². The SMILES string of the molecule is O=C(CCn1cncn1)N1CC[C@]2(CCCN(Cc3ccccc3F)C2)C1. The number of carbonyl (C=O) groups excluding carboxylic acids is 1. The van der Waals surface area contributed by atoms with Crippen LogP contribution in [0.25, 0.3) is 0 Å². The lowest BCUT2D eigenvalue weighted by molar-refractivity contribution is -0.131. The molecule has 2 aliphatic rings. The number of halogens is 1. The van der Waals surface area contributed by atoms with Crippen molar-refractivity contribution in [1.82, 2.24) is 24.6 Å². The minimum atomic E-state index is -0.131. The van der Waals surface area contributed by atoms with Crippen LogP contribution < -0.4 is 0 Å². The maximum atomic E-state index is 14.0. The van der Waals surface area contributed by atoms with Gasteiger partial charge in [0.05, 0.1) is 6.54 Å². The van der Waals surface area contributed by atoms with E-state index >= 15 is 0 Å². The average molecular weight is 371 g/mol. The van der Waals surface area contributed by atoms with E-state index in [0.717, 1.165) is 51.0 Å². The van der Waals surface area contributed by atoms with E-state index in [1.54, 1.807) is 17.1 Å². The van der Waals surface area contributed by atoms with Crippen molar-refractivity contribution in [1.29, 1.82) is 0 Å². The van der Waals surface area contributed by atoms with Gasteiger partial charge in [0.1, 0.15) is 18.5 Å². The second-order valence-electron chi connectivity index (χ2n) is 7.88. The minimum absolute atomic E-state index is 0.131. The van der Waals surface area contributed by atoms with Crippen molar-refractivity contribution < 1.29 is 9.18 Å². The van der Waals surface area contributed by atoms with Gasteiger partial charge in [-0.1, -0.05) is 18.2 Å². The largest absolute Gasteiger partial charge is 0.342 e. The highest BCUT2D eigenvalue weighted by Gasteiger charge is 2.42. The number of amides is 1. The molecule has 1 amide bonds. The Morgan fingerprint density at radius 3 is 2.89 bits per heavy atom. The molecule has 1 aromatic carbocycles. The number of aromatic nitrogens is 3. The molecule has 27 heavy (non-hydrogen) atoms. The zero-order valence-corrected chi connectivity index (χ0v) is 15.6. The predicted octanol–water partition coefficient (Wildman–Crippen LogP) is 2.32. The summed E-state index contributed by atoms with van der Waals surface area (Å²) in [7, 11) is 0. The number of rotatable bonds is 5. The van der Waals surface area contributed by atoms with Crippen molar-refractivity contribution in [2.24, 2.45) is 5.41 Å². The molecule has 1 aromatic heterocycles. The quantitative estimate of drug-likeness (QED) is 0.809. The van der Waals surface area contributed by atoms with Crippen LogP contribution in [-0.2, 0) is 17.9 Å². The van der Waals surface area contributed by atoms with Crippen LogP contribution in [0, 0.1) is 11.2 Å². The Kier molecular flexibility index (Phi) is 5.20. The topological polar surface area (TPSA) is 54.3 Å². The Morgan fingerprint density at radius 2 is 2.07 bits per heavy atom. The van der Waals surface area contributed by atoms with Crippen molar-refractivity contribution in [2.75, 3.05) is 26.2 Å². The molecule has 2 aromatic rings. The molecular weight excluding hydrogens is 345 g/mol. The van der Waals surface area contributed by atoms with Crippen LogP contribution >= 0.6 is 0 Å². The van der Waals surface area contributed by atoms with E-state index in [2.05, 4.69) is 15.0 Å². The van der Waals surface area contributed by atoms with Gasteiger partial charge in [-0.05, 0) is 31.9 Å². The fraction of sp³-hybridized carbons (Fsp3) is 0.550. The molecule has 4 rings (SSSR count). The number of likely N-dealkylation sites (tertiary alicyclic amines) is 2. The number of hydrogen-bond acceptors (Lipinski definition) is 4. The van der Waals surface area contributed by atoms with E-state index in [4.69, 9.17) is 0 Å². The molecule has 2 fully saturated rings. The number of carbonyl (C=O) groups is 1. The molecule has 6 nitrogen and oxygen atoms in total. The van der Waals surface area contributed by atoms with Gasteiger partial charge in [0, 0.05) is 43.6 Å². The number of piperidine rings is 1. The highest BCUT2D eigenvalue weighted by atomic mass is 19.1. The monoisotopic (exact) mass is 371 g/mol. The second kappa shape index (κ2) is 7.76. The summed E-state index contributed by atoms with van der Waals surface area (Å²) >= 11 is 0. The summed E-state index contributed by atoms with van der Waals surface area (Å²) in [5.41, 5.74) is 0.917. The van der Waals surface area contributed by atoms with E-state index in [1.807, 2.05) is 17.0 Å². The maximum absolute atomic E-state index is 14.0. The summed E-state index contributed by atoms with van der Waals surface area (Å²) < 4.78 is 15.7. The van der Waals surface area contributed by atoms with Gasteiger partial charge < -0.3 is 4.90 Å². The molecule has 0 unspecified atom stereocenters. The summed E-state index contributed by atoms with van der Waals surface area (Å²) in [4.78, 5) is 20.9. The van der Waals surface area contributed by atoms with Crippen LogP contribution in [0.1, 0.15) is 31.2 Å². The summed E-state index contributed by atoms with van der Waals surface area (Å²) in [6.07, 6.45) is 6.87. The molecule has 0 radical (unpaired) electrons. The van der Waals surface area contributed by atoms with Gasteiger partial charge in [-0.2, -0.15) is 5.10 Å². The van der Waals surface area contributed by atoms with E-state index in [9.17, 15) is 9.18 Å². The maximum Gasteiger partial charge on any atom is 0.224 e. The van der Waals surface area contributed by atoms with Gasteiger partial charge in [0.15, 0.2) is 0 Å². The van der Waals surface area contributed by atoms with E-state index in [1.165, 1.54) is 12.4 Å². The average Bonchev–Trinajstić information content (AvgIpc) is 3.32. The molecule has 2 saturated heterocycles. The first-order valence-electron chi connectivity index (χ1n) is 9.70. The molecule has 7 heteroatoms. The molecule has 0 bridgehead atoms. The Hall–Kier alpha value is -2.28. The summed E-state index contributed by atoms with van der Waals surface area (Å²) in [6.45, 7) is 4.79. The van der Waals surface area contributed by atoms with Crippen LogP contribution in [-0.4, -0.2) is 56.7 Å². The third kappa shape index (κ3) is 4.18. The Bertz CT molecular complexity index is 780. The second-order valence-corrected chi connectivity index (χ2v) is 7.88. The van der Waals surface area contributed by atoms with E-state index < -0.39 is 0 Å². The Labute approximate surface area is 159 Å². The zero-order valence-electron chi connectivity index (χ0n) is 15.6. The van der Waals surface area contributed by atoms with Gasteiger partial charge in [-0.3, -0.25) is 14.4 Å². The highest BCUT2D eigenvalue weighted by molar-refractivity contribution is 5.76. The lowest BCUT2D eigenvalue weighted by atomic mass is 9.79. The Balaban J connectivity index is 1.33. The third-order valence-corrected chi connectivity index (χ3v) is 5.90. The van der Waals surface area contributed by atoms with Gasteiger partial charge in [-0.15, -0.1) is 0 Å². The van der Waals surface area contributed by atoms with Crippen molar-refractivity contribution in [3.63, 3.8) is 0 Å². The fourth-order valence-corrected chi connectivity index (χ4v) is 4.51. The van der Waals surface area contributed by atoms with Crippen molar-refractivity contribution >= 4 is 5.91 Å². The van der Waals surface area contributed by atoms with Crippen molar-refractivity contribution in [3.05, 3.63) is 48.3 Å². The number of benzene rings is 1. The fourth-order valence-electron chi connectivity index (χ4n) is 4.51. The summed E-state index contributed by atoms with van der Waals surface area (Å²) in [5, 5.41) is 4.05. The molecule has 0 N–H and O–H groups in total. The first-order chi connectivity index (χ1) is 13.1. The third-order valence-electron chi connectivity index (χ3n) is 5.90. The van der Waals surface area contributed by atoms with Gasteiger partial charge >= 0.3 is 0 Å². The highest BCUT2D eigenvalue weighted by Crippen LogP contribution is 2.39. The summed E-state index contributed by atoms with van der Waals surface area (Å²) in [6, 6.07) is 7.02. The standard InChI is InChI=1S/C20H26FN5O/c21-18-5-2-1-4-17(18)12-24-9-3-7-20(13-24)8-11-25(14-20)19(27)6-10-26-16-22-15-23-26/h1-2,4-5,15-16H,3,6-14H2/t20-/m0/s1. The zero-order chi connectivity index (χ0) is 18.7. The van der Waals surface area contributed by atoms with Crippen LogP contribution in [0.3, 0.4) is 0 Å². The molecular formula is C20H26FN5O. The Morgan fingerprint density at radius 1 is 1.19 bits per heavy atom. The molecule has 144 valence electrons. The number of hydrogen-bond donors (Lipinski definition) is 0. The van der Waals surface area contributed by atoms with Crippen LogP contribution in [0.5, 0.6) is 0 Å². The molecule has 1 spiro atoms. The van der Waals surface area contributed by atoms with E-state index in [0.29, 0.717) is 19.5 Å². The van der Waals surface area contributed by atoms with Gasteiger partial charge in [0.25, 0.3) is 0 Å². The lowest BCUT2D eigenvalue weighted by Gasteiger charge is -2.40. The van der Waals surface area contributed by atoms with Gasteiger partial charge in [0.2, 0.25) is 5.91 Å². The predicted molar refractivity (Wildman–Crippen MR) is 99.2 cm³/mol. The molecule has 2 aliphatic heterocycles. The first-order valence-corrected chi connectivity index (χ1v) is 9.70. The minimum Gasteiger partial charge on any atom is -0.342 e. The number of nitrogens with zero attached hydrogens (tertiary/aromatic N) is 5. The summed E-state index contributed by atoms with van der Waals surface area (Å²) in [5.74, 6) is 0.0575. The molecule has 1 atom stereocenters. The normalized spacial score (nSPS) is 23.2. The van der Waals surface area contributed by atoms with Crippen LogP contribution in [0.2, 0.25) is 0 Å². The molecule has 3 heterocycles. The number of aryl methyl sites for hydroxylation is 1. The smallest absolute Gasteiger partial charge is 0.224 e. The van der Waals surface area contributed by atoms with Crippen molar-refractivity contribution in [3.8, 4) is 0 Å². The molecule has 0 aliphatic carbocycles. The van der Waals surface area contributed by atoms with Crippen molar-refractivity contribution in [2.45, 2.75) is 38.8 Å². The van der Waals surface area contributed by atoms with Crippen LogP contribution in [0.4, 0.5) is 4.39 Å². The van der Waals surface area contributed by atoms with Crippen LogP contribution in [0.15, 0.2) is 36.9 Å². The first kappa shape index (κ1) is 18.1. The van der Waals surface area contributed by atoms with Gasteiger partial charge in [-0.25, -0.2) is 9.37 Å². The molecule has 0 saturated carbocycles. The lowest BCUT2D eigenvalue weighted by Crippen LogP contribution is -2.45.